The number of carbonyl (C=O) groups is 2. The third-order valence-corrected chi connectivity index (χ3v) is 7.52. The number of hydrogen-bond acceptors (Lipinski definition) is 4. The van der Waals surface area contributed by atoms with Crippen molar-refractivity contribution in [2.75, 3.05) is 42.9 Å². The molecule has 3 aromatic carbocycles. The van der Waals surface area contributed by atoms with E-state index in [-0.39, 0.29) is 18.0 Å². The zero-order chi connectivity index (χ0) is 25.9. The number of anilines is 2. The van der Waals surface area contributed by atoms with Gasteiger partial charge in [-0.3, -0.25) is 9.59 Å². The van der Waals surface area contributed by atoms with E-state index in [2.05, 4.69) is 24.1 Å². The molecule has 0 aliphatic carbocycles. The Bertz CT molecular complexity index is 1270. The molecule has 6 nitrogen and oxygen atoms in total. The van der Waals surface area contributed by atoms with E-state index in [1.54, 1.807) is 0 Å². The van der Waals surface area contributed by atoms with Crippen LogP contribution in [-0.4, -0.2) is 54.3 Å². The first-order valence-electron chi connectivity index (χ1n) is 13.0. The van der Waals surface area contributed by atoms with E-state index in [0.717, 1.165) is 47.0 Å². The molecule has 2 heterocycles. The highest BCUT2D eigenvalue weighted by molar-refractivity contribution is 6.33. The number of rotatable bonds is 7. The summed E-state index contributed by atoms with van der Waals surface area (Å²) in [4.78, 5) is 32.3. The first kappa shape index (κ1) is 25.2. The molecule has 7 heteroatoms. The highest BCUT2D eigenvalue weighted by atomic mass is 35.5. The molecule has 2 aliphatic heterocycles. The largest absolute Gasteiger partial charge is 0.367 e. The molecule has 192 valence electrons. The maximum absolute atomic E-state index is 13.2. The van der Waals surface area contributed by atoms with Crippen molar-refractivity contribution in [3.63, 3.8) is 0 Å². The minimum Gasteiger partial charge on any atom is -0.367 e. The van der Waals surface area contributed by atoms with Crippen LogP contribution in [0.4, 0.5) is 11.4 Å². The Morgan fingerprint density at radius 2 is 1.62 bits per heavy atom. The smallest absolute Gasteiger partial charge is 0.256 e. The van der Waals surface area contributed by atoms with Crippen molar-refractivity contribution in [1.82, 2.24) is 9.80 Å². The molecule has 0 bridgehead atoms. The molecule has 37 heavy (non-hydrogen) atoms. The molecule has 5 rings (SSSR count). The van der Waals surface area contributed by atoms with Crippen molar-refractivity contribution in [2.45, 2.75) is 26.4 Å². The lowest BCUT2D eigenvalue weighted by atomic mass is 10.1. The van der Waals surface area contributed by atoms with Crippen LogP contribution in [0.1, 0.15) is 52.7 Å². The molecule has 3 aromatic rings. The van der Waals surface area contributed by atoms with Crippen LogP contribution >= 0.6 is 11.6 Å². The molecule has 1 N–H and O–H groups in total. The molecule has 0 aromatic heterocycles. The van der Waals surface area contributed by atoms with E-state index in [0.29, 0.717) is 31.1 Å². The van der Waals surface area contributed by atoms with Gasteiger partial charge in [-0.05, 0) is 54.8 Å². The Labute approximate surface area is 223 Å². The topological polar surface area (TPSA) is 55.9 Å². The average Bonchev–Trinajstić information content (AvgIpc) is 3.18. The van der Waals surface area contributed by atoms with Gasteiger partial charge in [-0.2, -0.15) is 0 Å². The second-order valence-electron chi connectivity index (χ2n) is 10.1. The van der Waals surface area contributed by atoms with Gasteiger partial charge in [0.05, 0.1) is 10.7 Å². The highest BCUT2D eigenvalue weighted by Crippen LogP contribution is 2.35. The SMILES string of the molecule is CC(C)CCN1C(=O)c2ccccc2C1Nc1ccc(C(=O)N2CCN(c3ccccc3Cl)CC2)cc1. The normalized spacial score (nSPS) is 17.4. The van der Waals surface area contributed by atoms with Crippen molar-refractivity contribution >= 4 is 34.8 Å². The maximum atomic E-state index is 13.2. The van der Waals surface area contributed by atoms with Gasteiger partial charge >= 0.3 is 0 Å². The summed E-state index contributed by atoms with van der Waals surface area (Å²) in [5.74, 6) is 0.607. The fourth-order valence-corrected chi connectivity index (χ4v) is 5.32. The molecular weight excluding hydrogens is 484 g/mol. The molecule has 0 spiro atoms. The molecule has 1 unspecified atom stereocenters. The van der Waals surface area contributed by atoms with E-state index in [9.17, 15) is 9.59 Å². The first-order chi connectivity index (χ1) is 17.9. The lowest BCUT2D eigenvalue weighted by Crippen LogP contribution is -2.48. The fraction of sp³-hybridized carbons (Fsp3) is 0.333. The van der Waals surface area contributed by atoms with E-state index >= 15 is 0 Å². The monoisotopic (exact) mass is 516 g/mol. The third kappa shape index (κ3) is 5.30. The molecular formula is C30H33ClN4O2. The Morgan fingerprint density at radius 3 is 2.32 bits per heavy atom. The number of nitrogens with zero attached hydrogens (tertiary/aromatic N) is 3. The van der Waals surface area contributed by atoms with E-state index < -0.39 is 0 Å². The number of piperazine rings is 1. The number of halogens is 1. The quantitative estimate of drug-likeness (QED) is 0.424. The minimum atomic E-state index is -0.220. The standard InChI is InChI=1S/C30H33ClN4O2/c1-21(2)15-16-35-28(24-7-3-4-8-25(24)30(35)37)32-23-13-11-22(12-14-23)29(36)34-19-17-33(18-20-34)27-10-6-5-9-26(27)31/h3-14,21,28,32H,15-20H2,1-2H3. The number of nitrogens with one attached hydrogen (secondary N) is 1. The van der Waals surface area contributed by atoms with Gasteiger partial charge in [-0.25, -0.2) is 0 Å². The van der Waals surface area contributed by atoms with Crippen molar-refractivity contribution in [1.29, 1.82) is 0 Å². The van der Waals surface area contributed by atoms with E-state index in [1.807, 2.05) is 82.6 Å². The van der Waals surface area contributed by atoms with Crippen LogP contribution < -0.4 is 10.2 Å². The zero-order valence-electron chi connectivity index (χ0n) is 21.4. The number of amides is 2. The van der Waals surface area contributed by atoms with E-state index in [4.69, 9.17) is 11.6 Å². The van der Waals surface area contributed by atoms with Crippen molar-refractivity contribution < 1.29 is 9.59 Å². The summed E-state index contributed by atoms with van der Waals surface area (Å²) in [6, 6.07) is 23.2. The average molecular weight is 517 g/mol. The minimum absolute atomic E-state index is 0.0327. The second-order valence-corrected chi connectivity index (χ2v) is 10.5. The maximum Gasteiger partial charge on any atom is 0.256 e. The van der Waals surface area contributed by atoms with Crippen LogP contribution in [0, 0.1) is 5.92 Å². The van der Waals surface area contributed by atoms with Gasteiger partial charge in [0.25, 0.3) is 11.8 Å². The molecule has 2 amide bonds. The van der Waals surface area contributed by atoms with Crippen LogP contribution in [0.25, 0.3) is 0 Å². The van der Waals surface area contributed by atoms with Crippen molar-refractivity contribution in [2.24, 2.45) is 5.92 Å². The van der Waals surface area contributed by atoms with Crippen LogP contribution in [0.2, 0.25) is 5.02 Å². The number of carbonyl (C=O) groups excluding carboxylic acids is 2. The van der Waals surface area contributed by atoms with Gasteiger partial charge in [0, 0.05) is 55.1 Å². The summed E-state index contributed by atoms with van der Waals surface area (Å²) < 4.78 is 0. The molecule has 0 radical (unpaired) electrons. The Kier molecular flexibility index (Phi) is 7.38. The zero-order valence-corrected chi connectivity index (χ0v) is 22.1. The van der Waals surface area contributed by atoms with Crippen LogP contribution in [0.3, 0.4) is 0 Å². The molecule has 0 saturated carbocycles. The fourth-order valence-electron chi connectivity index (χ4n) is 5.06. The van der Waals surface area contributed by atoms with Gasteiger partial charge in [0.2, 0.25) is 0 Å². The van der Waals surface area contributed by atoms with E-state index in [1.165, 1.54) is 0 Å². The van der Waals surface area contributed by atoms with Gasteiger partial charge in [-0.15, -0.1) is 0 Å². The predicted molar refractivity (Wildman–Crippen MR) is 149 cm³/mol. The third-order valence-electron chi connectivity index (χ3n) is 7.20. The highest BCUT2D eigenvalue weighted by Gasteiger charge is 2.36. The van der Waals surface area contributed by atoms with Gasteiger partial charge < -0.3 is 20.0 Å². The number of hydrogen-bond donors (Lipinski definition) is 1. The number of benzene rings is 3. The number of para-hydroxylation sites is 1. The molecule has 1 fully saturated rings. The van der Waals surface area contributed by atoms with Crippen LogP contribution in [0.5, 0.6) is 0 Å². The Balaban J connectivity index is 1.24. The van der Waals surface area contributed by atoms with Gasteiger partial charge in [0.1, 0.15) is 6.17 Å². The molecule has 1 saturated heterocycles. The second kappa shape index (κ2) is 10.9. The summed E-state index contributed by atoms with van der Waals surface area (Å²) >= 11 is 6.35. The van der Waals surface area contributed by atoms with Crippen LogP contribution in [0.15, 0.2) is 72.8 Å². The first-order valence-corrected chi connectivity index (χ1v) is 13.4. The molecule has 2 aliphatic rings. The van der Waals surface area contributed by atoms with Crippen LogP contribution in [-0.2, 0) is 0 Å². The summed E-state index contributed by atoms with van der Waals surface area (Å²) in [7, 11) is 0. The van der Waals surface area contributed by atoms with Gasteiger partial charge in [0.15, 0.2) is 0 Å². The Hall–Kier alpha value is -3.51. The molecule has 1 atom stereocenters. The summed E-state index contributed by atoms with van der Waals surface area (Å²) in [5.41, 5.74) is 4.31. The lowest BCUT2D eigenvalue weighted by molar-refractivity contribution is 0.0731. The summed E-state index contributed by atoms with van der Waals surface area (Å²) in [5, 5.41) is 4.27. The predicted octanol–water partition coefficient (Wildman–Crippen LogP) is 5.92. The van der Waals surface area contributed by atoms with Gasteiger partial charge in [-0.1, -0.05) is 55.8 Å². The number of fused-ring (bicyclic) bond motifs is 1. The van der Waals surface area contributed by atoms with Crippen molar-refractivity contribution in [3.05, 3.63) is 94.5 Å². The Morgan fingerprint density at radius 1 is 0.946 bits per heavy atom. The summed E-state index contributed by atoms with van der Waals surface area (Å²) in [6.07, 6.45) is 0.719. The lowest BCUT2D eigenvalue weighted by Gasteiger charge is -2.36. The summed E-state index contributed by atoms with van der Waals surface area (Å²) in [6.45, 7) is 7.82. The van der Waals surface area contributed by atoms with Crippen molar-refractivity contribution in [3.8, 4) is 0 Å².